The molecule has 32 heavy (non-hydrogen) atoms. The number of methoxy groups -OCH3 is 1. The largest absolute Gasteiger partial charge is 0.507 e. The Balaban J connectivity index is 1.62. The van der Waals surface area contributed by atoms with E-state index in [1.165, 1.54) is 0 Å². The molecule has 166 valence electrons. The third kappa shape index (κ3) is 4.85. The van der Waals surface area contributed by atoms with Crippen molar-refractivity contribution in [1.29, 1.82) is 0 Å². The van der Waals surface area contributed by atoms with Crippen LogP contribution in [0.5, 0.6) is 11.5 Å². The average Bonchev–Trinajstić information content (AvgIpc) is 2.83. The first-order chi connectivity index (χ1) is 15.5. The molecular weight excluding hydrogens is 404 g/mol. The van der Waals surface area contributed by atoms with Gasteiger partial charge >= 0.3 is 5.97 Å². The van der Waals surface area contributed by atoms with Crippen LogP contribution in [0.3, 0.4) is 0 Å². The molecule has 1 heterocycles. The van der Waals surface area contributed by atoms with Gasteiger partial charge in [0, 0.05) is 17.7 Å². The van der Waals surface area contributed by atoms with Gasteiger partial charge in [0.05, 0.1) is 18.7 Å². The molecule has 3 N–H and O–H groups in total. The van der Waals surface area contributed by atoms with E-state index < -0.39 is 5.97 Å². The zero-order chi connectivity index (χ0) is 22.5. The van der Waals surface area contributed by atoms with Gasteiger partial charge in [-0.1, -0.05) is 30.3 Å². The molecule has 0 aliphatic heterocycles. The number of aromatic nitrogens is 1. The molecule has 1 fully saturated rings. The number of anilines is 1. The Hall–Kier alpha value is -3.54. The van der Waals surface area contributed by atoms with Gasteiger partial charge in [-0.15, -0.1) is 0 Å². The molecule has 4 rings (SSSR count). The highest BCUT2D eigenvalue weighted by Crippen LogP contribution is 2.36. The molecule has 2 aromatic carbocycles. The maximum Gasteiger partial charge on any atom is 0.306 e. The monoisotopic (exact) mass is 432 g/mol. The van der Waals surface area contributed by atoms with Crippen LogP contribution >= 0.6 is 0 Å². The van der Waals surface area contributed by atoms with Gasteiger partial charge in [0.1, 0.15) is 17.3 Å². The lowest BCUT2D eigenvalue weighted by molar-refractivity contribution is -0.143. The average molecular weight is 433 g/mol. The lowest BCUT2D eigenvalue weighted by Gasteiger charge is -2.26. The van der Waals surface area contributed by atoms with E-state index in [1.54, 1.807) is 19.2 Å². The summed E-state index contributed by atoms with van der Waals surface area (Å²) in [7, 11) is 1.65. The van der Waals surface area contributed by atoms with Gasteiger partial charge in [0.2, 0.25) is 0 Å². The van der Waals surface area contributed by atoms with Crippen molar-refractivity contribution < 1.29 is 19.7 Å². The lowest BCUT2D eigenvalue weighted by atomic mass is 9.82. The number of nitrogens with zero attached hydrogens (tertiary/aromatic N) is 1. The second-order valence-corrected chi connectivity index (χ2v) is 8.28. The Morgan fingerprint density at radius 2 is 1.72 bits per heavy atom. The minimum atomic E-state index is -0.685. The molecule has 0 spiro atoms. The smallest absolute Gasteiger partial charge is 0.306 e. The van der Waals surface area contributed by atoms with Crippen molar-refractivity contribution in [2.45, 2.75) is 25.7 Å². The van der Waals surface area contributed by atoms with E-state index in [1.807, 2.05) is 48.5 Å². The first-order valence-corrected chi connectivity index (χ1v) is 11.0. The van der Waals surface area contributed by atoms with Crippen LogP contribution in [-0.2, 0) is 4.79 Å². The fraction of sp³-hybridized carbons (Fsp3) is 0.308. The maximum absolute atomic E-state index is 11.2. The van der Waals surface area contributed by atoms with Crippen molar-refractivity contribution >= 4 is 11.8 Å². The Labute approximate surface area is 187 Å². The van der Waals surface area contributed by atoms with Crippen molar-refractivity contribution in [2.24, 2.45) is 11.8 Å². The van der Waals surface area contributed by atoms with Crippen LogP contribution < -0.4 is 10.1 Å². The van der Waals surface area contributed by atoms with Crippen molar-refractivity contribution in [1.82, 2.24) is 4.98 Å². The number of aromatic hydroxyl groups is 1. The van der Waals surface area contributed by atoms with Crippen LogP contribution in [0.15, 0.2) is 60.7 Å². The summed E-state index contributed by atoms with van der Waals surface area (Å²) in [6.07, 6.45) is 3.23. The second-order valence-electron chi connectivity index (χ2n) is 8.28. The first-order valence-electron chi connectivity index (χ1n) is 11.0. The number of phenols is 1. The summed E-state index contributed by atoms with van der Waals surface area (Å²) in [6, 6.07) is 18.9. The zero-order valence-electron chi connectivity index (χ0n) is 18.1. The summed E-state index contributed by atoms with van der Waals surface area (Å²) in [5.41, 5.74) is 3.21. The topological polar surface area (TPSA) is 91.7 Å². The maximum atomic E-state index is 11.2. The van der Waals surface area contributed by atoms with Gasteiger partial charge in [-0.2, -0.15) is 0 Å². The Morgan fingerprint density at radius 3 is 2.41 bits per heavy atom. The summed E-state index contributed by atoms with van der Waals surface area (Å²) in [5, 5.41) is 23.1. The molecule has 1 saturated carbocycles. The Morgan fingerprint density at radius 1 is 1.03 bits per heavy atom. The SMILES string of the molecule is COc1ccccc1-c1cc(NCC2CCC(C(=O)O)CC2)nc(-c2ccccc2O)c1. The number of hydrogen-bond acceptors (Lipinski definition) is 5. The van der Waals surface area contributed by atoms with E-state index in [9.17, 15) is 15.0 Å². The number of rotatable bonds is 7. The number of aliphatic carboxylic acids is 1. The minimum absolute atomic E-state index is 0.176. The molecule has 0 radical (unpaired) electrons. The van der Waals surface area contributed by atoms with Gasteiger partial charge < -0.3 is 20.3 Å². The standard InChI is InChI=1S/C26H28N2O4/c1-32-24-9-5-3-6-20(24)19-14-22(21-7-2-4-8-23(21)29)28-25(15-19)27-16-17-10-12-18(13-11-17)26(30)31/h2-9,14-15,17-18,29H,10-13,16H2,1H3,(H,27,28)(H,30,31). The molecule has 1 aliphatic carbocycles. The third-order valence-electron chi connectivity index (χ3n) is 6.19. The molecule has 0 bridgehead atoms. The molecule has 6 heteroatoms. The molecule has 0 atom stereocenters. The van der Waals surface area contributed by atoms with Gasteiger partial charge in [-0.25, -0.2) is 4.98 Å². The van der Waals surface area contributed by atoms with E-state index >= 15 is 0 Å². The van der Waals surface area contributed by atoms with Crippen molar-refractivity contribution in [2.75, 3.05) is 19.0 Å². The van der Waals surface area contributed by atoms with Crippen molar-refractivity contribution in [3.8, 4) is 33.9 Å². The number of para-hydroxylation sites is 2. The van der Waals surface area contributed by atoms with Crippen LogP contribution in [0.2, 0.25) is 0 Å². The summed E-state index contributed by atoms with van der Waals surface area (Å²) in [6.45, 7) is 0.731. The third-order valence-corrected chi connectivity index (χ3v) is 6.19. The number of phenolic OH excluding ortho intramolecular Hbond substituents is 1. The summed E-state index contributed by atoms with van der Waals surface area (Å²) < 4.78 is 5.56. The van der Waals surface area contributed by atoms with Gasteiger partial charge in [-0.05, 0) is 67.5 Å². The highest BCUT2D eigenvalue weighted by atomic mass is 16.5. The fourth-order valence-corrected chi connectivity index (χ4v) is 4.35. The van der Waals surface area contributed by atoms with E-state index in [4.69, 9.17) is 9.72 Å². The summed E-state index contributed by atoms with van der Waals surface area (Å²) in [5.74, 6) is 1.17. The van der Waals surface area contributed by atoms with E-state index in [2.05, 4.69) is 5.32 Å². The number of carboxylic acids is 1. The second kappa shape index (κ2) is 9.73. The zero-order valence-corrected chi connectivity index (χ0v) is 18.1. The van der Waals surface area contributed by atoms with Crippen LogP contribution in [-0.4, -0.2) is 34.8 Å². The molecule has 0 unspecified atom stereocenters. The van der Waals surface area contributed by atoms with E-state index in [-0.39, 0.29) is 11.7 Å². The summed E-state index contributed by atoms with van der Waals surface area (Å²) in [4.78, 5) is 16.0. The molecule has 0 saturated heterocycles. The number of hydrogen-bond donors (Lipinski definition) is 3. The number of carbonyl (C=O) groups is 1. The molecule has 6 nitrogen and oxygen atoms in total. The van der Waals surface area contributed by atoms with Crippen LogP contribution in [0.25, 0.3) is 22.4 Å². The Bertz CT molecular complexity index is 1090. The highest BCUT2D eigenvalue weighted by Gasteiger charge is 2.25. The number of benzene rings is 2. The lowest BCUT2D eigenvalue weighted by Crippen LogP contribution is -2.25. The molecule has 1 aromatic heterocycles. The molecular formula is C26H28N2O4. The normalized spacial score (nSPS) is 18.2. The van der Waals surface area contributed by atoms with Crippen LogP contribution in [0, 0.1) is 11.8 Å². The number of nitrogens with one attached hydrogen (secondary N) is 1. The van der Waals surface area contributed by atoms with Crippen LogP contribution in [0.4, 0.5) is 5.82 Å². The van der Waals surface area contributed by atoms with E-state index in [0.717, 1.165) is 49.1 Å². The Kier molecular flexibility index (Phi) is 6.59. The number of pyridine rings is 1. The molecule has 0 amide bonds. The van der Waals surface area contributed by atoms with Gasteiger partial charge in [0.25, 0.3) is 0 Å². The van der Waals surface area contributed by atoms with Crippen molar-refractivity contribution in [3.63, 3.8) is 0 Å². The quantitative estimate of drug-likeness (QED) is 0.461. The predicted molar refractivity (Wildman–Crippen MR) is 125 cm³/mol. The predicted octanol–water partition coefficient (Wildman–Crippen LogP) is 5.43. The summed E-state index contributed by atoms with van der Waals surface area (Å²) >= 11 is 0. The highest BCUT2D eigenvalue weighted by molar-refractivity contribution is 5.79. The number of carboxylic acid groups (broad SMARTS) is 1. The van der Waals surface area contributed by atoms with Gasteiger partial charge in [-0.3, -0.25) is 4.79 Å². The first kappa shape index (κ1) is 21.7. The van der Waals surface area contributed by atoms with Gasteiger partial charge in [0.15, 0.2) is 0 Å². The molecule has 1 aliphatic rings. The van der Waals surface area contributed by atoms with Crippen molar-refractivity contribution in [3.05, 3.63) is 60.7 Å². The van der Waals surface area contributed by atoms with Crippen LogP contribution in [0.1, 0.15) is 25.7 Å². The van der Waals surface area contributed by atoms with E-state index in [0.29, 0.717) is 23.0 Å². The molecule has 3 aromatic rings. The number of ether oxygens (including phenoxy) is 1. The fourth-order valence-electron chi connectivity index (χ4n) is 4.35. The minimum Gasteiger partial charge on any atom is -0.507 e.